The van der Waals surface area contributed by atoms with Gasteiger partial charge < -0.3 is 9.80 Å². The van der Waals surface area contributed by atoms with Crippen LogP contribution in [0.5, 0.6) is 0 Å². The van der Waals surface area contributed by atoms with Gasteiger partial charge in [0.05, 0.1) is 6.67 Å². The second kappa shape index (κ2) is 13.3. The third-order valence-corrected chi connectivity index (χ3v) is 4.78. The van der Waals surface area contributed by atoms with Crippen molar-refractivity contribution in [3.05, 3.63) is 59.7 Å². The van der Waals surface area contributed by atoms with Crippen LogP contribution in [0.3, 0.4) is 0 Å². The maximum absolute atomic E-state index is 2.52. The predicted octanol–water partition coefficient (Wildman–Crippen LogP) is 8.05. The molecular formula is C27H44N2. The Hall–Kier alpha value is -1.96. The molecule has 2 nitrogen and oxygen atoms in total. The van der Waals surface area contributed by atoms with E-state index in [2.05, 4.69) is 114 Å². The van der Waals surface area contributed by atoms with E-state index >= 15 is 0 Å². The molecule has 1 aliphatic heterocycles. The van der Waals surface area contributed by atoms with E-state index in [-0.39, 0.29) is 0 Å². The van der Waals surface area contributed by atoms with E-state index in [0.717, 1.165) is 19.8 Å². The zero-order chi connectivity index (χ0) is 21.8. The lowest BCUT2D eigenvalue weighted by molar-refractivity contribution is 0.836. The van der Waals surface area contributed by atoms with Gasteiger partial charge in [-0.2, -0.15) is 0 Å². The first-order valence-electron chi connectivity index (χ1n) is 11.6. The van der Waals surface area contributed by atoms with Crippen molar-refractivity contribution >= 4 is 11.4 Å². The summed E-state index contributed by atoms with van der Waals surface area (Å²) in [6, 6.07) is 17.7. The van der Waals surface area contributed by atoms with Crippen molar-refractivity contribution in [2.24, 2.45) is 0 Å². The first-order chi connectivity index (χ1) is 13.9. The summed E-state index contributed by atoms with van der Waals surface area (Å²) in [5.41, 5.74) is 5.69. The van der Waals surface area contributed by atoms with Crippen LogP contribution in [0.25, 0.3) is 0 Å². The van der Waals surface area contributed by atoms with Crippen LogP contribution in [-0.4, -0.2) is 19.8 Å². The Morgan fingerprint density at radius 3 is 1.24 bits per heavy atom. The Labute approximate surface area is 180 Å². The van der Waals surface area contributed by atoms with Crippen LogP contribution in [0.15, 0.2) is 48.5 Å². The molecule has 1 aliphatic rings. The number of hydrogen-bond acceptors (Lipinski definition) is 2. The second-order valence-corrected chi connectivity index (χ2v) is 8.51. The summed E-state index contributed by atoms with van der Waals surface area (Å²) >= 11 is 0. The number of anilines is 2. The summed E-state index contributed by atoms with van der Waals surface area (Å²) < 4.78 is 0. The van der Waals surface area contributed by atoms with Gasteiger partial charge in [-0.1, -0.05) is 105 Å². The van der Waals surface area contributed by atoms with Crippen LogP contribution in [0, 0.1) is 0 Å². The number of hydrogen-bond donors (Lipinski definition) is 0. The van der Waals surface area contributed by atoms with Gasteiger partial charge in [0.25, 0.3) is 0 Å². The molecule has 0 aliphatic carbocycles. The minimum Gasteiger partial charge on any atom is -0.352 e. The fourth-order valence-corrected chi connectivity index (χ4v) is 3.51. The predicted molar refractivity (Wildman–Crippen MR) is 133 cm³/mol. The quantitative estimate of drug-likeness (QED) is 0.516. The summed E-state index contributed by atoms with van der Waals surface area (Å²) in [4.78, 5) is 5.04. The van der Waals surface area contributed by atoms with E-state index in [4.69, 9.17) is 0 Å². The molecule has 0 saturated carbocycles. The average molecular weight is 397 g/mol. The lowest BCUT2D eigenvalue weighted by Crippen LogP contribution is -2.26. The smallest absolute Gasteiger partial charge is 0.0904 e. The molecule has 3 rings (SSSR count). The standard InChI is InChI=1S/C21H28N2.2C3H8/c1-16(2)18-9-5-7-11-20(18)22-13-14-23(15-22)21-12-8-6-10-19(21)17(3)4;2*1-3-2/h5-12,16-17H,13-15H2,1-4H3;2*3H2,1-2H3. The highest BCUT2D eigenvalue weighted by molar-refractivity contribution is 5.61. The van der Waals surface area contributed by atoms with E-state index in [0.29, 0.717) is 11.8 Å². The molecule has 0 amide bonds. The minimum atomic E-state index is 0.559. The molecule has 0 bridgehead atoms. The van der Waals surface area contributed by atoms with Gasteiger partial charge in [0, 0.05) is 24.5 Å². The number of nitrogens with zero attached hydrogens (tertiary/aromatic N) is 2. The van der Waals surface area contributed by atoms with Gasteiger partial charge in [-0.3, -0.25) is 0 Å². The van der Waals surface area contributed by atoms with E-state index in [1.54, 1.807) is 0 Å². The summed E-state index contributed by atoms with van der Waals surface area (Å²) in [7, 11) is 0. The molecule has 0 aromatic heterocycles. The number of rotatable bonds is 4. The normalized spacial score (nSPS) is 13.2. The number of benzene rings is 2. The van der Waals surface area contributed by atoms with Gasteiger partial charge in [-0.25, -0.2) is 0 Å². The van der Waals surface area contributed by atoms with Crippen molar-refractivity contribution in [2.45, 2.75) is 80.1 Å². The summed E-state index contributed by atoms with van der Waals surface area (Å²) in [6.45, 7) is 20.8. The minimum absolute atomic E-state index is 0.559. The Morgan fingerprint density at radius 1 is 0.621 bits per heavy atom. The largest absolute Gasteiger partial charge is 0.352 e. The van der Waals surface area contributed by atoms with Crippen molar-refractivity contribution in [3.8, 4) is 0 Å². The molecule has 1 fully saturated rings. The van der Waals surface area contributed by atoms with Crippen LogP contribution >= 0.6 is 0 Å². The molecule has 0 atom stereocenters. The maximum Gasteiger partial charge on any atom is 0.0904 e. The summed E-state index contributed by atoms with van der Waals surface area (Å²) in [6.07, 6.45) is 2.50. The number of para-hydroxylation sites is 2. The lowest BCUT2D eigenvalue weighted by atomic mass is 10.0. The van der Waals surface area contributed by atoms with Crippen molar-refractivity contribution in [2.75, 3.05) is 29.6 Å². The molecule has 2 aromatic rings. The van der Waals surface area contributed by atoms with Gasteiger partial charge in [-0.15, -0.1) is 0 Å². The molecular weight excluding hydrogens is 352 g/mol. The van der Waals surface area contributed by atoms with Crippen molar-refractivity contribution in [1.82, 2.24) is 0 Å². The third-order valence-electron chi connectivity index (χ3n) is 4.78. The maximum atomic E-state index is 2.52. The Balaban J connectivity index is 0.000000626. The first kappa shape index (κ1) is 25.1. The SMILES string of the molecule is CC(C)c1ccccc1N1CCN(c2ccccc2C(C)C)C1.CCC.CCC. The van der Waals surface area contributed by atoms with Crippen LogP contribution in [0.1, 0.15) is 91.2 Å². The topological polar surface area (TPSA) is 6.48 Å². The fraction of sp³-hybridized carbons (Fsp3) is 0.556. The van der Waals surface area contributed by atoms with Crippen LogP contribution in [0.2, 0.25) is 0 Å². The summed E-state index contributed by atoms with van der Waals surface area (Å²) in [5.74, 6) is 1.12. The molecule has 162 valence electrons. The van der Waals surface area contributed by atoms with Gasteiger partial charge in [0.2, 0.25) is 0 Å². The summed E-state index contributed by atoms with van der Waals surface area (Å²) in [5, 5.41) is 0. The van der Waals surface area contributed by atoms with Crippen molar-refractivity contribution in [3.63, 3.8) is 0 Å². The van der Waals surface area contributed by atoms with Gasteiger partial charge in [-0.05, 0) is 35.1 Å². The van der Waals surface area contributed by atoms with E-state index in [1.807, 2.05) is 0 Å². The third kappa shape index (κ3) is 7.42. The monoisotopic (exact) mass is 396 g/mol. The van der Waals surface area contributed by atoms with E-state index in [9.17, 15) is 0 Å². The van der Waals surface area contributed by atoms with Gasteiger partial charge >= 0.3 is 0 Å². The van der Waals surface area contributed by atoms with E-state index in [1.165, 1.54) is 35.3 Å². The molecule has 29 heavy (non-hydrogen) atoms. The van der Waals surface area contributed by atoms with Crippen LogP contribution < -0.4 is 9.80 Å². The zero-order valence-corrected chi connectivity index (χ0v) is 20.2. The Kier molecular flexibility index (Phi) is 11.5. The molecule has 0 N–H and O–H groups in total. The highest BCUT2D eigenvalue weighted by Gasteiger charge is 2.24. The van der Waals surface area contributed by atoms with Crippen molar-refractivity contribution in [1.29, 1.82) is 0 Å². The second-order valence-electron chi connectivity index (χ2n) is 8.51. The molecule has 1 saturated heterocycles. The molecule has 0 unspecified atom stereocenters. The molecule has 1 heterocycles. The lowest BCUT2D eigenvalue weighted by Gasteiger charge is -2.26. The molecule has 0 radical (unpaired) electrons. The molecule has 2 heteroatoms. The highest BCUT2D eigenvalue weighted by atomic mass is 15.4. The molecule has 0 spiro atoms. The Morgan fingerprint density at radius 2 is 0.931 bits per heavy atom. The van der Waals surface area contributed by atoms with Gasteiger partial charge in [0.15, 0.2) is 0 Å². The van der Waals surface area contributed by atoms with Crippen molar-refractivity contribution < 1.29 is 0 Å². The molecule has 2 aromatic carbocycles. The van der Waals surface area contributed by atoms with Crippen LogP contribution in [0.4, 0.5) is 11.4 Å². The zero-order valence-electron chi connectivity index (χ0n) is 20.2. The highest BCUT2D eigenvalue weighted by Crippen LogP contribution is 2.33. The Bertz CT molecular complexity index is 631. The average Bonchev–Trinajstić information content (AvgIpc) is 3.19. The van der Waals surface area contributed by atoms with Crippen LogP contribution in [-0.2, 0) is 0 Å². The fourth-order valence-electron chi connectivity index (χ4n) is 3.51. The van der Waals surface area contributed by atoms with E-state index < -0.39 is 0 Å². The first-order valence-corrected chi connectivity index (χ1v) is 11.6. The van der Waals surface area contributed by atoms with Gasteiger partial charge in [0.1, 0.15) is 0 Å².